The van der Waals surface area contributed by atoms with Crippen LogP contribution in [-0.2, 0) is 9.53 Å². The third-order valence-electron chi connectivity index (χ3n) is 3.29. The molecule has 0 rings (SSSR count). The van der Waals surface area contributed by atoms with Crippen LogP contribution >= 0.6 is 0 Å². The molecule has 0 aliphatic heterocycles. The molecule has 18 heavy (non-hydrogen) atoms. The molecule has 0 aromatic rings. The minimum absolute atomic E-state index is 0.108. The lowest BCUT2D eigenvalue weighted by Gasteiger charge is -2.30. The third-order valence-corrected chi connectivity index (χ3v) is 3.29. The summed E-state index contributed by atoms with van der Waals surface area (Å²) in [5.74, 6) is -0.272. The lowest BCUT2D eigenvalue weighted by atomic mass is 9.92. The van der Waals surface area contributed by atoms with Gasteiger partial charge in [-0.05, 0) is 32.6 Å². The smallest absolute Gasteiger partial charge is 0.308 e. The van der Waals surface area contributed by atoms with Crippen LogP contribution in [0.1, 0.15) is 78.6 Å². The molecule has 0 saturated carbocycles. The van der Waals surface area contributed by atoms with E-state index in [9.17, 15) is 4.79 Å². The highest BCUT2D eigenvalue weighted by molar-refractivity contribution is 5.69. The lowest BCUT2D eigenvalue weighted by molar-refractivity contribution is -0.160. The summed E-state index contributed by atoms with van der Waals surface area (Å²) >= 11 is 0. The van der Waals surface area contributed by atoms with E-state index in [4.69, 9.17) is 9.84 Å². The molecule has 0 aliphatic rings. The summed E-state index contributed by atoms with van der Waals surface area (Å²) < 4.78 is 5.56. The Morgan fingerprint density at radius 1 is 1.06 bits per heavy atom. The number of hydrogen-bond donors (Lipinski definition) is 1. The number of aliphatic hydroxyl groups excluding tert-OH is 1. The van der Waals surface area contributed by atoms with E-state index in [-0.39, 0.29) is 24.6 Å². The first-order valence-corrected chi connectivity index (χ1v) is 7.40. The Hall–Kier alpha value is -0.570. The van der Waals surface area contributed by atoms with Gasteiger partial charge < -0.3 is 9.84 Å². The number of carbonyl (C=O) groups excluding carboxylic acids is 1. The van der Waals surface area contributed by atoms with Gasteiger partial charge in [0, 0.05) is 0 Å². The van der Waals surface area contributed by atoms with Crippen molar-refractivity contribution in [2.75, 3.05) is 6.61 Å². The van der Waals surface area contributed by atoms with Crippen molar-refractivity contribution in [3.8, 4) is 0 Å². The van der Waals surface area contributed by atoms with Gasteiger partial charge in [0.05, 0.1) is 13.0 Å². The molecule has 0 spiro atoms. The van der Waals surface area contributed by atoms with E-state index >= 15 is 0 Å². The van der Waals surface area contributed by atoms with Crippen LogP contribution in [0.15, 0.2) is 0 Å². The molecule has 0 fully saturated rings. The molecule has 1 unspecified atom stereocenters. The Morgan fingerprint density at radius 3 is 2.22 bits per heavy atom. The van der Waals surface area contributed by atoms with Crippen molar-refractivity contribution < 1.29 is 14.6 Å². The van der Waals surface area contributed by atoms with Crippen molar-refractivity contribution in [1.29, 1.82) is 0 Å². The molecule has 0 bridgehead atoms. The molecule has 0 radical (unpaired) electrons. The number of rotatable bonds is 11. The topological polar surface area (TPSA) is 46.5 Å². The molecule has 108 valence electrons. The van der Waals surface area contributed by atoms with Crippen LogP contribution in [-0.4, -0.2) is 23.3 Å². The normalized spacial score (nSPS) is 14.2. The standard InChI is InChI=1S/C15H30O3/c1-4-6-8-9-12-15(3,11-7-5-2)18-14(17)10-13-16/h16H,4-13H2,1-3H3. The fraction of sp³-hybridized carbons (Fsp3) is 0.933. The van der Waals surface area contributed by atoms with Crippen molar-refractivity contribution in [3.63, 3.8) is 0 Å². The Bertz CT molecular complexity index is 216. The first kappa shape index (κ1) is 17.4. The zero-order valence-corrected chi connectivity index (χ0v) is 12.3. The zero-order chi connectivity index (χ0) is 13.9. The molecular formula is C15H30O3. The van der Waals surface area contributed by atoms with E-state index in [0.717, 1.165) is 32.1 Å². The Balaban J connectivity index is 4.18. The van der Waals surface area contributed by atoms with Crippen LogP contribution in [0.25, 0.3) is 0 Å². The molecule has 0 amide bonds. The maximum atomic E-state index is 11.5. The molecule has 0 aromatic carbocycles. The van der Waals surface area contributed by atoms with Crippen molar-refractivity contribution in [2.24, 2.45) is 0 Å². The number of unbranched alkanes of at least 4 members (excludes halogenated alkanes) is 4. The minimum atomic E-state index is -0.337. The zero-order valence-electron chi connectivity index (χ0n) is 12.3. The highest BCUT2D eigenvalue weighted by Gasteiger charge is 2.27. The van der Waals surface area contributed by atoms with Gasteiger partial charge >= 0.3 is 5.97 Å². The van der Waals surface area contributed by atoms with Crippen LogP contribution in [0, 0.1) is 0 Å². The Labute approximate surface area is 112 Å². The molecule has 1 N–H and O–H groups in total. The van der Waals surface area contributed by atoms with Crippen molar-refractivity contribution in [2.45, 2.75) is 84.2 Å². The second-order valence-electron chi connectivity index (χ2n) is 5.31. The summed E-state index contributed by atoms with van der Waals surface area (Å²) in [7, 11) is 0. The van der Waals surface area contributed by atoms with Gasteiger partial charge in [-0.3, -0.25) is 4.79 Å². The van der Waals surface area contributed by atoms with E-state index < -0.39 is 0 Å². The maximum absolute atomic E-state index is 11.5. The van der Waals surface area contributed by atoms with Gasteiger partial charge in [0.15, 0.2) is 0 Å². The molecule has 1 atom stereocenters. The highest BCUT2D eigenvalue weighted by Crippen LogP contribution is 2.26. The number of aliphatic hydroxyl groups is 1. The first-order valence-electron chi connectivity index (χ1n) is 7.40. The van der Waals surface area contributed by atoms with Crippen LogP contribution in [0.4, 0.5) is 0 Å². The average Bonchev–Trinajstić information content (AvgIpc) is 2.33. The van der Waals surface area contributed by atoms with Gasteiger partial charge in [0.1, 0.15) is 5.60 Å². The average molecular weight is 258 g/mol. The van der Waals surface area contributed by atoms with Gasteiger partial charge in [0.25, 0.3) is 0 Å². The number of ether oxygens (including phenoxy) is 1. The van der Waals surface area contributed by atoms with Crippen molar-refractivity contribution in [1.82, 2.24) is 0 Å². The minimum Gasteiger partial charge on any atom is -0.459 e. The second-order valence-corrected chi connectivity index (χ2v) is 5.31. The molecule has 3 nitrogen and oxygen atoms in total. The summed E-state index contributed by atoms with van der Waals surface area (Å²) in [6.45, 7) is 6.24. The predicted molar refractivity (Wildman–Crippen MR) is 74.5 cm³/mol. The molecule has 3 heteroatoms. The second kappa shape index (κ2) is 10.4. The Morgan fingerprint density at radius 2 is 1.67 bits per heavy atom. The Kier molecular flexibility index (Phi) is 10.0. The van der Waals surface area contributed by atoms with E-state index in [1.807, 2.05) is 6.92 Å². The molecule has 0 aromatic heterocycles. The summed E-state index contributed by atoms with van der Waals surface area (Å²) in [5.41, 5.74) is -0.337. The quantitative estimate of drug-likeness (QED) is 0.452. The fourth-order valence-electron chi connectivity index (χ4n) is 2.12. The number of esters is 1. The first-order chi connectivity index (χ1) is 8.58. The monoisotopic (exact) mass is 258 g/mol. The molecule has 0 heterocycles. The van der Waals surface area contributed by atoms with Crippen LogP contribution < -0.4 is 0 Å². The summed E-state index contributed by atoms with van der Waals surface area (Å²) in [4.78, 5) is 11.5. The van der Waals surface area contributed by atoms with E-state index in [2.05, 4.69) is 13.8 Å². The van der Waals surface area contributed by atoms with Crippen molar-refractivity contribution >= 4 is 5.97 Å². The maximum Gasteiger partial charge on any atom is 0.308 e. The number of hydrogen-bond acceptors (Lipinski definition) is 3. The third kappa shape index (κ3) is 8.51. The van der Waals surface area contributed by atoms with Crippen LogP contribution in [0.5, 0.6) is 0 Å². The summed E-state index contributed by atoms with van der Waals surface area (Å²) in [6, 6.07) is 0. The molecule has 0 saturated heterocycles. The summed E-state index contributed by atoms with van der Waals surface area (Å²) in [6.07, 6.45) is 8.94. The van der Waals surface area contributed by atoms with Gasteiger partial charge in [-0.1, -0.05) is 39.5 Å². The lowest BCUT2D eigenvalue weighted by Crippen LogP contribution is -2.32. The number of carbonyl (C=O) groups is 1. The van der Waals surface area contributed by atoms with E-state index in [1.165, 1.54) is 19.3 Å². The molecular weight excluding hydrogens is 228 g/mol. The van der Waals surface area contributed by atoms with Crippen molar-refractivity contribution in [3.05, 3.63) is 0 Å². The van der Waals surface area contributed by atoms with Crippen LogP contribution in [0.2, 0.25) is 0 Å². The van der Waals surface area contributed by atoms with E-state index in [1.54, 1.807) is 0 Å². The predicted octanol–water partition coefficient (Wildman–Crippen LogP) is 3.83. The summed E-state index contributed by atoms with van der Waals surface area (Å²) in [5, 5.41) is 8.75. The van der Waals surface area contributed by atoms with Crippen LogP contribution in [0.3, 0.4) is 0 Å². The van der Waals surface area contributed by atoms with E-state index in [0.29, 0.717) is 0 Å². The largest absolute Gasteiger partial charge is 0.459 e. The SMILES string of the molecule is CCCCCCC(C)(CCCC)OC(=O)CCO. The fourth-order valence-corrected chi connectivity index (χ4v) is 2.12. The highest BCUT2D eigenvalue weighted by atomic mass is 16.6. The molecule has 0 aliphatic carbocycles. The van der Waals surface area contributed by atoms with Gasteiger partial charge in [-0.25, -0.2) is 0 Å². The van der Waals surface area contributed by atoms with Gasteiger partial charge in [0.2, 0.25) is 0 Å². The van der Waals surface area contributed by atoms with Gasteiger partial charge in [-0.15, -0.1) is 0 Å². The van der Waals surface area contributed by atoms with Gasteiger partial charge in [-0.2, -0.15) is 0 Å².